The zero-order valence-corrected chi connectivity index (χ0v) is 14.6. The van der Waals surface area contributed by atoms with E-state index in [1.165, 1.54) is 5.56 Å². The Morgan fingerprint density at radius 2 is 1.68 bits per heavy atom. The molecule has 0 saturated carbocycles. The third kappa shape index (κ3) is 3.48. The fourth-order valence-electron chi connectivity index (χ4n) is 3.11. The first-order valence-corrected chi connectivity index (χ1v) is 8.54. The fraction of sp³-hybridized carbons (Fsp3) is 0.238. The summed E-state index contributed by atoms with van der Waals surface area (Å²) in [5.74, 6) is 0.804. The van der Waals surface area contributed by atoms with Crippen LogP contribution in [0.3, 0.4) is 0 Å². The number of nitrogens with zero attached hydrogens (tertiary/aromatic N) is 2. The van der Waals surface area contributed by atoms with E-state index in [-0.39, 0.29) is 11.3 Å². The summed E-state index contributed by atoms with van der Waals surface area (Å²) in [6.45, 7) is 4.35. The summed E-state index contributed by atoms with van der Waals surface area (Å²) in [7, 11) is 0. The summed E-state index contributed by atoms with van der Waals surface area (Å²) in [6, 6.07) is 17.1. The van der Waals surface area contributed by atoms with Crippen molar-refractivity contribution < 1.29 is 5.11 Å². The van der Waals surface area contributed by atoms with Crippen LogP contribution in [0.15, 0.2) is 59.4 Å². The minimum atomic E-state index is -0.0239. The van der Waals surface area contributed by atoms with Gasteiger partial charge in [0, 0.05) is 17.7 Å². The number of phenols is 1. The maximum Gasteiger partial charge on any atom is 0.257 e. The minimum Gasteiger partial charge on any atom is -0.507 e. The van der Waals surface area contributed by atoms with Gasteiger partial charge in [0.25, 0.3) is 5.56 Å². The fourth-order valence-corrected chi connectivity index (χ4v) is 3.11. The smallest absolute Gasteiger partial charge is 0.257 e. The van der Waals surface area contributed by atoms with Crippen molar-refractivity contribution in [2.75, 3.05) is 0 Å². The minimum absolute atomic E-state index is 0.0239. The highest BCUT2D eigenvalue weighted by atomic mass is 16.3. The molecule has 0 atom stereocenters. The first-order valence-electron chi connectivity index (χ1n) is 8.54. The van der Waals surface area contributed by atoms with Gasteiger partial charge in [-0.15, -0.1) is 0 Å². The van der Waals surface area contributed by atoms with E-state index in [0.717, 1.165) is 6.42 Å². The van der Waals surface area contributed by atoms with Crippen LogP contribution >= 0.6 is 0 Å². The van der Waals surface area contributed by atoms with Gasteiger partial charge in [0.2, 0.25) is 0 Å². The summed E-state index contributed by atoms with van der Waals surface area (Å²) in [4.78, 5) is 17.6. The van der Waals surface area contributed by atoms with Crippen LogP contribution in [0.5, 0.6) is 5.75 Å². The SMILES string of the molecule is CCn1c(C)nc(-c2ccccc2O)c(CCc2ccccc2)c1=O. The second kappa shape index (κ2) is 7.34. The molecule has 0 spiro atoms. The molecule has 0 amide bonds. The van der Waals surface area contributed by atoms with Crippen LogP contribution in [0.2, 0.25) is 0 Å². The molecule has 2 aromatic carbocycles. The molecule has 1 aromatic heterocycles. The topological polar surface area (TPSA) is 55.1 Å². The number of para-hydroxylation sites is 1. The zero-order chi connectivity index (χ0) is 17.8. The molecular weight excluding hydrogens is 312 g/mol. The number of rotatable bonds is 5. The quantitative estimate of drug-likeness (QED) is 0.773. The highest BCUT2D eigenvalue weighted by Gasteiger charge is 2.17. The van der Waals surface area contributed by atoms with Gasteiger partial charge in [0.05, 0.1) is 5.69 Å². The molecular formula is C21H22N2O2. The van der Waals surface area contributed by atoms with Crippen molar-refractivity contribution in [2.24, 2.45) is 0 Å². The Kier molecular flexibility index (Phi) is 4.98. The van der Waals surface area contributed by atoms with Gasteiger partial charge in [-0.1, -0.05) is 42.5 Å². The summed E-state index contributed by atoms with van der Waals surface area (Å²) in [5, 5.41) is 10.2. The molecule has 25 heavy (non-hydrogen) atoms. The van der Waals surface area contributed by atoms with E-state index >= 15 is 0 Å². The van der Waals surface area contributed by atoms with E-state index in [4.69, 9.17) is 0 Å². The third-order valence-corrected chi connectivity index (χ3v) is 4.44. The first kappa shape index (κ1) is 17.0. The molecule has 4 heteroatoms. The predicted molar refractivity (Wildman–Crippen MR) is 99.9 cm³/mol. The van der Waals surface area contributed by atoms with Crippen molar-refractivity contribution in [3.05, 3.63) is 81.9 Å². The average molecular weight is 334 g/mol. The molecule has 0 fully saturated rings. The van der Waals surface area contributed by atoms with Crippen LogP contribution in [0.25, 0.3) is 11.3 Å². The molecule has 0 saturated heterocycles. The van der Waals surface area contributed by atoms with E-state index in [9.17, 15) is 9.90 Å². The average Bonchev–Trinajstić information content (AvgIpc) is 2.62. The summed E-state index contributed by atoms with van der Waals surface area (Å²) in [5.41, 5.74) is 2.99. The lowest BCUT2D eigenvalue weighted by Crippen LogP contribution is -2.28. The molecule has 0 aliphatic heterocycles. The van der Waals surface area contributed by atoms with Crippen LogP contribution in [0.4, 0.5) is 0 Å². The van der Waals surface area contributed by atoms with E-state index in [1.807, 2.05) is 38.1 Å². The second-order valence-electron chi connectivity index (χ2n) is 6.04. The Hall–Kier alpha value is -2.88. The van der Waals surface area contributed by atoms with E-state index < -0.39 is 0 Å². The normalized spacial score (nSPS) is 10.8. The Balaban J connectivity index is 2.11. The van der Waals surface area contributed by atoms with Crippen LogP contribution in [0.1, 0.15) is 23.9 Å². The molecule has 0 aliphatic carbocycles. The molecule has 4 nitrogen and oxygen atoms in total. The van der Waals surface area contributed by atoms with Gasteiger partial charge in [-0.2, -0.15) is 0 Å². The van der Waals surface area contributed by atoms with Crippen LogP contribution in [-0.2, 0) is 19.4 Å². The van der Waals surface area contributed by atoms with Crippen molar-refractivity contribution in [2.45, 2.75) is 33.2 Å². The standard InChI is InChI=1S/C21H22N2O2/c1-3-23-15(2)22-20(17-11-7-8-12-19(17)24)18(21(23)25)14-13-16-9-5-4-6-10-16/h4-12,24H,3,13-14H2,1-2H3. The van der Waals surface area contributed by atoms with Crippen molar-refractivity contribution in [1.29, 1.82) is 0 Å². The van der Waals surface area contributed by atoms with Gasteiger partial charge >= 0.3 is 0 Å². The third-order valence-electron chi connectivity index (χ3n) is 4.44. The van der Waals surface area contributed by atoms with Crippen molar-refractivity contribution in [1.82, 2.24) is 9.55 Å². The molecule has 3 aromatic rings. The molecule has 1 N–H and O–H groups in total. The molecule has 3 rings (SSSR count). The number of aromatic nitrogens is 2. The second-order valence-corrected chi connectivity index (χ2v) is 6.04. The molecule has 1 heterocycles. The van der Waals surface area contributed by atoms with Gasteiger partial charge in [-0.05, 0) is 44.4 Å². The number of benzene rings is 2. The first-order chi connectivity index (χ1) is 12.1. The molecule has 0 bridgehead atoms. The number of hydrogen-bond acceptors (Lipinski definition) is 3. The lowest BCUT2D eigenvalue weighted by molar-refractivity contribution is 0.477. The number of phenolic OH excluding ortho intramolecular Hbond substituents is 1. The molecule has 0 radical (unpaired) electrons. The van der Waals surface area contributed by atoms with E-state index in [0.29, 0.717) is 35.6 Å². The van der Waals surface area contributed by atoms with Crippen LogP contribution in [-0.4, -0.2) is 14.7 Å². The van der Waals surface area contributed by atoms with Crippen molar-refractivity contribution in [3.8, 4) is 17.0 Å². The van der Waals surface area contributed by atoms with E-state index in [1.54, 1.807) is 22.8 Å². The van der Waals surface area contributed by atoms with E-state index in [2.05, 4.69) is 17.1 Å². The van der Waals surface area contributed by atoms with Crippen LogP contribution < -0.4 is 5.56 Å². The summed E-state index contributed by atoms with van der Waals surface area (Å²) in [6.07, 6.45) is 1.34. The highest BCUT2D eigenvalue weighted by Crippen LogP contribution is 2.29. The Morgan fingerprint density at radius 3 is 2.36 bits per heavy atom. The number of aryl methyl sites for hydroxylation is 2. The molecule has 128 valence electrons. The monoisotopic (exact) mass is 334 g/mol. The number of aromatic hydroxyl groups is 1. The Labute approximate surface area is 147 Å². The van der Waals surface area contributed by atoms with Crippen LogP contribution in [0, 0.1) is 6.92 Å². The molecule has 0 unspecified atom stereocenters. The van der Waals surface area contributed by atoms with Crippen molar-refractivity contribution in [3.63, 3.8) is 0 Å². The van der Waals surface area contributed by atoms with Gasteiger partial charge < -0.3 is 5.11 Å². The highest BCUT2D eigenvalue weighted by molar-refractivity contribution is 5.69. The Morgan fingerprint density at radius 1 is 1.00 bits per heavy atom. The summed E-state index contributed by atoms with van der Waals surface area (Å²) < 4.78 is 1.68. The molecule has 0 aliphatic rings. The lowest BCUT2D eigenvalue weighted by atomic mass is 9.99. The predicted octanol–water partition coefficient (Wildman–Crippen LogP) is 3.73. The maximum absolute atomic E-state index is 13.0. The van der Waals surface area contributed by atoms with Gasteiger partial charge in [0.15, 0.2) is 0 Å². The van der Waals surface area contributed by atoms with Gasteiger partial charge in [-0.3, -0.25) is 9.36 Å². The maximum atomic E-state index is 13.0. The van der Waals surface area contributed by atoms with Gasteiger partial charge in [0.1, 0.15) is 11.6 Å². The zero-order valence-electron chi connectivity index (χ0n) is 14.6. The Bertz CT molecular complexity index is 930. The van der Waals surface area contributed by atoms with Gasteiger partial charge in [-0.25, -0.2) is 4.98 Å². The lowest BCUT2D eigenvalue weighted by Gasteiger charge is -2.15. The largest absolute Gasteiger partial charge is 0.507 e. The summed E-state index contributed by atoms with van der Waals surface area (Å²) >= 11 is 0. The van der Waals surface area contributed by atoms with Crippen molar-refractivity contribution >= 4 is 0 Å². The number of hydrogen-bond donors (Lipinski definition) is 1.